The molecule has 0 unspecified atom stereocenters. The van der Waals surface area contributed by atoms with Crippen molar-refractivity contribution < 1.29 is 40.2 Å². The molecule has 0 amide bonds. The summed E-state index contributed by atoms with van der Waals surface area (Å²) < 4.78 is 99.6. The highest BCUT2D eigenvalue weighted by Gasteiger charge is 2.73. The Balaban J connectivity index is 2.18. The number of nitrogens with zero attached hydrogens (tertiary/aromatic N) is 1. The Morgan fingerprint density at radius 3 is 2.32 bits per heavy atom. The Bertz CT molecular complexity index is 955. The average Bonchev–Trinajstić information content (AvgIpc) is 2.66. The number of hydrogen-bond donors (Lipinski definition) is 1. The van der Waals surface area contributed by atoms with Crippen LogP contribution in [0, 0.1) is 0 Å². The second-order valence-electron chi connectivity index (χ2n) is 5.93. The molecule has 0 aliphatic rings. The predicted octanol–water partition coefficient (Wildman–Crippen LogP) is 6.40. The number of hydrogen-bond acceptors (Lipinski definition) is 4. The Morgan fingerprint density at radius 1 is 1.10 bits per heavy atom. The number of benzene rings is 2. The highest BCUT2D eigenvalue weighted by atomic mass is 79.9. The first-order chi connectivity index (χ1) is 14.3. The van der Waals surface area contributed by atoms with Crippen LogP contribution in [0.1, 0.15) is 11.1 Å². The summed E-state index contributed by atoms with van der Waals surface area (Å²) in [7, 11) is 1.28. The molecular formula is C18H13BrClF7N2O2. The summed E-state index contributed by atoms with van der Waals surface area (Å²) >= 11 is 9.23. The van der Waals surface area contributed by atoms with Crippen LogP contribution in [0.4, 0.5) is 30.7 Å². The fraction of sp³-hybridized carbons (Fsp3) is 0.278. The maximum Gasteiger partial charge on any atom is 0.462 e. The number of hydrazone groups is 1. The van der Waals surface area contributed by atoms with Crippen LogP contribution < -0.4 is 14.9 Å². The van der Waals surface area contributed by atoms with Crippen LogP contribution in [-0.2, 0) is 6.61 Å². The molecule has 0 aromatic heterocycles. The summed E-state index contributed by atoms with van der Waals surface area (Å²) in [6, 6.07) is 3.76. The van der Waals surface area contributed by atoms with Crippen LogP contribution in [0.15, 0.2) is 46.0 Å². The molecule has 31 heavy (non-hydrogen) atoms. The molecule has 0 bridgehead atoms. The normalized spacial score (nSPS) is 12.8. The minimum absolute atomic E-state index is 0.0347. The molecule has 0 saturated carbocycles. The lowest BCUT2D eigenvalue weighted by Crippen LogP contribution is -2.58. The number of alkyl halides is 7. The standard InChI is InChI=1S/C18H13BrClF7N2O2/c1-30-14-7-10(8-28-29-18(26,27)16(21,22)17(23,24)25)6-12(19)15(14)31-9-11-4-2-3-5-13(11)20/h2-8,29H,9H2,1H3/b28-8-. The van der Waals surface area contributed by atoms with Crippen LogP contribution in [0.3, 0.4) is 0 Å². The van der Waals surface area contributed by atoms with Gasteiger partial charge in [-0.2, -0.15) is 35.8 Å². The Morgan fingerprint density at radius 2 is 1.74 bits per heavy atom. The minimum atomic E-state index is -6.47. The maximum atomic E-state index is 13.2. The van der Waals surface area contributed by atoms with Gasteiger partial charge in [0.25, 0.3) is 0 Å². The van der Waals surface area contributed by atoms with E-state index in [1.165, 1.54) is 19.2 Å². The summed E-state index contributed by atoms with van der Waals surface area (Å²) in [5.41, 5.74) is 1.24. The van der Waals surface area contributed by atoms with Gasteiger partial charge in [-0.15, -0.1) is 0 Å². The minimum Gasteiger partial charge on any atom is -0.493 e. The Kier molecular flexibility index (Phi) is 7.69. The van der Waals surface area contributed by atoms with Gasteiger partial charge in [0.15, 0.2) is 11.5 Å². The van der Waals surface area contributed by atoms with Crippen LogP contribution in [-0.4, -0.2) is 31.5 Å². The van der Waals surface area contributed by atoms with Crippen molar-refractivity contribution >= 4 is 33.7 Å². The van der Waals surface area contributed by atoms with E-state index in [0.717, 1.165) is 0 Å². The third kappa shape index (κ3) is 5.73. The van der Waals surface area contributed by atoms with Gasteiger partial charge in [-0.1, -0.05) is 29.8 Å². The van der Waals surface area contributed by atoms with Gasteiger partial charge in [-0.25, -0.2) is 5.43 Å². The molecule has 4 nitrogen and oxygen atoms in total. The summed E-state index contributed by atoms with van der Waals surface area (Å²) in [5, 5.41) is 3.27. The summed E-state index contributed by atoms with van der Waals surface area (Å²) in [6.07, 6.45) is -5.85. The molecule has 13 heteroatoms. The van der Waals surface area contributed by atoms with Gasteiger partial charge in [0.2, 0.25) is 0 Å². The van der Waals surface area contributed by atoms with E-state index in [1.54, 1.807) is 24.3 Å². The molecule has 2 aromatic rings. The van der Waals surface area contributed by atoms with Crippen molar-refractivity contribution in [3.63, 3.8) is 0 Å². The number of ether oxygens (including phenoxy) is 2. The van der Waals surface area contributed by atoms with Gasteiger partial charge in [-0.05, 0) is 39.7 Å². The number of nitrogens with one attached hydrogen (secondary N) is 1. The zero-order chi connectivity index (χ0) is 23.4. The lowest BCUT2D eigenvalue weighted by Gasteiger charge is -2.27. The largest absolute Gasteiger partial charge is 0.493 e. The van der Waals surface area contributed by atoms with Gasteiger partial charge in [0.1, 0.15) is 6.61 Å². The summed E-state index contributed by atoms with van der Waals surface area (Å²) in [5.74, 6) is -6.01. The molecule has 0 fully saturated rings. The van der Waals surface area contributed by atoms with Gasteiger partial charge in [0.05, 0.1) is 17.8 Å². The van der Waals surface area contributed by atoms with Gasteiger partial charge in [-0.3, -0.25) is 0 Å². The van der Waals surface area contributed by atoms with Crippen molar-refractivity contribution in [3.8, 4) is 11.5 Å². The van der Waals surface area contributed by atoms with E-state index >= 15 is 0 Å². The lowest BCUT2D eigenvalue weighted by molar-refractivity contribution is -0.361. The highest BCUT2D eigenvalue weighted by molar-refractivity contribution is 9.10. The van der Waals surface area contributed by atoms with E-state index in [1.807, 2.05) is 0 Å². The van der Waals surface area contributed by atoms with Gasteiger partial charge in [0, 0.05) is 10.6 Å². The van der Waals surface area contributed by atoms with E-state index in [0.29, 0.717) is 22.2 Å². The average molecular weight is 538 g/mol. The first-order valence-corrected chi connectivity index (χ1v) is 9.33. The first-order valence-electron chi connectivity index (χ1n) is 8.16. The van der Waals surface area contributed by atoms with Crippen molar-refractivity contribution in [1.82, 2.24) is 5.43 Å². The molecule has 2 rings (SSSR count). The van der Waals surface area contributed by atoms with E-state index in [4.69, 9.17) is 21.1 Å². The third-order valence-electron chi connectivity index (χ3n) is 3.75. The topological polar surface area (TPSA) is 42.8 Å². The molecule has 0 spiro atoms. The number of halogens is 9. The van der Waals surface area contributed by atoms with Crippen molar-refractivity contribution in [2.24, 2.45) is 5.10 Å². The molecular weight excluding hydrogens is 525 g/mol. The molecule has 1 N–H and O–H groups in total. The maximum absolute atomic E-state index is 13.2. The van der Waals surface area contributed by atoms with E-state index in [2.05, 4.69) is 21.0 Å². The SMILES string of the molecule is COc1cc(/C=N\NC(F)(F)C(F)(F)C(F)(F)F)cc(Br)c1OCc1ccccc1Cl. The molecule has 0 aliphatic carbocycles. The van der Waals surface area contributed by atoms with Crippen LogP contribution in [0.25, 0.3) is 0 Å². The third-order valence-corrected chi connectivity index (χ3v) is 4.71. The molecule has 0 radical (unpaired) electrons. The number of methoxy groups -OCH3 is 1. The van der Waals surface area contributed by atoms with Crippen molar-refractivity contribution in [1.29, 1.82) is 0 Å². The summed E-state index contributed by atoms with van der Waals surface area (Å²) in [4.78, 5) is 0. The fourth-order valence-electron chi connectivity index (χ4n) is 2.16. The van der Waals surface area contributed by atoms with Crippen LogP contribution in [0.5, 0.6) is 11.5 Å². The smallest absolute Gasteiger partial charge is 0.462 e. The Labute approximate surface area is 185 Å². The predicted molar refractivity (Wildman–Crippen MR) is 103 cm³/mol. The molecule has 0 saturated heterocycles. The summed E-state index contributed by atoms with van der Waals surface area (Å²) in [6.45, 7) is 0.0579. The monoisotopic (exact) mass is 536 g/mol. The van der Waals surface area contributed by atoms with E-state index in [9.17, 15) is 30.7 Å². The van der Waals surface area contributed by atoms with Crippen LogP contribution >= 0.6 is 27.5 Å². The van der Waals surface area contributed by atoms with Gasteiger partial charge >= 0.3 is 18.1 Å². The second kappa shape index (κ2) is 9.51. The molecule has 0 atom stereocenters. The highest BCUT2D eigenvalue weighted by Crippen LogP contribution is 2.45. The van der Waals surface area contributed by atoms with Crippen molar-refractivity contribution in [3.05, 3.63) is 57.0 Å². The van der Waals surface area contributed by atoms with Crippen LogP contribution in [0.2, 0.25) is 5.02 Å². The second-order valence-corrected chi connectivity index (χ2v) is 7.19. The Hall–Kier alpha value is -2.21. The first kappa shape index (κ1) is 25.1. The van der Waals surface area contributed by atoms with Crippen molar-refractivity contribution in [2.45, 2.75) is 24.8 Å². The molecule has 170 valence electrons. The van der Waals surface area contributed by atoms with Crippen molar-refractivity contribution in [2.75, 3.05) is 7.11 Å². The van der Waals surface area contributed by atoms with Gasteiger partial charge < -0.3 is 9.47 Å². The zero-order valence-corrected chi connectivity index (χ0v) is 17.8. The molecule has 0 aliphatic heterocycles. The quantitative estimate of drug-likeness (QED) is 0.183. The number of rotatable bonds is 8. The fourth-order valence-corrected chi connectivity index (χ4v) is 2.92. The van der Waals surface area contributed by atoms with E-state index in [-0.39, 0.29) is 28.1 Å². The van der Waals surface area contributed by atoms with E-state index < -0.39 is 18.1 Å². The molecule has 2 aromatic carbocycles. The molecule has 0 heterocycles. The lowest BCUT2D eigenvalue weighted by atomic mass is 10.2. The zero-order valence-electron chi connectivity index (χ0n) is 15.4.